The molecule has 0 unspecified atom stereocenters. The molecule has 0 radical (unpaired) electrons. The third kappa shape index (κ3) is 2.90. The van der Waals surface area contributed by atoms with Crippen LogP contribution in [-0.2, 0) is 16.1 Å². The molecule has 4 nitrogen and oxygen atoms in total. The summed E-state index contributed by atoms with van der Waals surface area (Å²) in [5, 5.41) is 4.33. The molecule has 1 aromatic rings. The number of carbonyl (C=O) groups is 1. The Hall–Kier alpha value is -0.910. The zero-order chi connectivity index (χ0) is 14.1. The molecule has 2 fully saturated rings. The van der Waals surface area contributed by atoms with Crippen LogP contribution in [0.15, 0.2) is 16.8 Å². The van der Waals surface area contributed by atoms with Crippen LogP contribution in [0.1, 0.15) is 18.4 Å². The number of hydrogen-bond donors (Lipinski definition) is 0. The minimum absolute atomic E-state index is 0.115. The fraction of sp³-hybridized carbons (Fsp3) is 0.667. The van der Waals surface area contributed by atoms with Gasteiger partial charge in [0, 0.05) is 27.2 Å². The van der Waals surface area contributed by atoms with Gasteiger partial charge in [0.1, 0.15) is 6.10 Å². The van der Waals surface area contributed by atoms with E-state index in [0.29, 0.717) is 5.92 Å². The third-order valence-corrected chi connectivity index (χ3v) is 5.07. The number of carbonyl (C=O) groups excluding carboxylic acids is 1. The molecule has 2 aliphatic rings. The average Bonchev–Trinajstić information content (AvgIpc) is 3.06. The number of rotatable bonds is 3. The highest BCUT2D eigenvalue weighted by atomic mass is 32.1. The lowest BCUT2D eigenvalue weighted by atomic mass is 9.91. The minimum Gasteiger partial charge on any atom is -0.364 e. The molecular formula is C15H22N2O2S. The Morgan fingerprint density at radius 3 is 3.10 bits per heavy atom. The molecule has 1 aromatic heterocycles. The van der Waals surface area contributed by atoms with E-state index in [0.717, 1.165) is 32.5 Å². The highest BCUT2D eigenvalue weighted by Crippen LogP contribution is 2.34. The Morgan fingerprint density at radius 2 is 2.40 bits per heavy atom. The maximum absolute atomic E-state index is 12.0. The first kappa shape index (κ1) is 14.0. The van der Waals surface area contributed by atoms with Crippen molar-refractivity contribution >= 4 is 17.2 Å². The number of likely N-dealkylation sites (tertiary alicyclic amines) is 1. The van der Waals surface area contributed by atoms with Gasteiger partial charge in [-0.3, -0.25) is 9.69 Å². The van der Waals surface area contributed by atoms with Gasteiger partial charge in [0.25, 0.3) is 5.91 Å². The lowest BCUT2D eigenvalue weighted by Crippen LogP contribution is -2.42. The first-order valence-electron chi connectivity index (χ1n) is 7.23. The van der Waals surface area contributed by atoms with E-state index in [1.54, 1.807) is 30.3 Å². The highest BCUT2D eigenvalue weighted by Gasteiger charge is 2.42. The van der Waals surface area contributed by atoms with Crippen LogP contribution in [-0.4, -0.2) is 55.1 Å². The highest BCUT2D eigenvalue weighted by molar-refractivity contribution is 7.07. The van der Waals surface area contributed by atoms with Crippen molar-refractivity contribution < 1.29 is 9.53 Å². The molecule has 5 heteroatoms. The largest absolute Gasteiger partial charge is 0.364 e. The van der Waals surface area contributed by atoms with Crippen molar-refractivity contribution in [2.75, 3.05) is 27.2 Å². The monoisotopic (exact) mass is 294 g/mol. The van der Waals surface area contributed by atoms with Crippen molar-refractivity contribution in [2.45, 2.75) is 31.6 Å². The van der Waals surface area contributed by atoms with Crippen molar-refractivity contribution in [2.24, 2.45) is 5.92 Å². The molecule has 3 rings (SSSR count). The van der Waals surface area contributed by atoms with Crippen molar-refractivity contribution in [1.29, 1.82) is 0 Å². The molecule has 3 heterocycles. The summed E-state index contributed by atoms with van der Waals surface area (Å²) in [6.07, 6.45) is 2.05. The van der Waals surface area contributed by atoms with Crippen LogP contribution in [0.3, 0.4) is 0 Å². The molecule has 3 atom stereocenters. The molecule has 1 amide bonds. The topological polar surface area (TPSA) is 32.8 Å². The minimum atomic E-state index is -0.221. The van der Waals surface area contributed by atoms with Gasteiger partial charge in [-0.15, -0.1) is 0 Å². The number of fused-ring (bicyclic) bond motifs is 1. The summed E-state index contributed by atoms with van der Waals surface area (Å²) >= 11 is 1.75. The summed E-state index contributed by atoms with van der Waals surface area (Å²) in [6.45, 7) is 3.07. The van der Waals surface area contributed by atoms with Gasteiger partial charge < -0.3 is 9.64 Å². The predicted molar refractivity (Wildman–Crippen MR) is 79.7 cm³/mol. The van der Waals surface area contributed by atoms with Gasteiger partial charge >= 0.3 is 0 Å². The van der Waals surface area contributed by atoms with Crippen molar-refractivity contribution in [3.05, 3.63) is 22.4 Å². The van der Waals surface area contributed by atoms with Gasteiger partial charge in [-0.25, -0.2) is 0 Å². The quantitative estimate of drug-likeness (QED) is 0.852. The molecule has 0 aliphatic carbocycles. The lowest BCUT2D eigenvalue weighted by molar-refractivity contribution is -0.141. The Kier molecular flexibility index (Phi) is 4.10. The fourth-order valence-electron chi connectivity index (χ4n) is 3.23. The first-order chi connectivity index (χ1) is 9.63. The third-order valence-electron chi connectivity index (χ3n) is 4.34. The predicted octanol–water partition coefficient (Wildman–Crippen LogP) is 1.82. The van der Waals surface area contributed by atoms with Gasteiger partial charge in [0.2, 0.25) is 0 Å². The Balaban J connectivity index is 1.57. The molecule has 20 heavy (non-hydrogen) atoms. The van der Waals surface area contributed by atoms with Crippen molar-refractivity contribution in [3.8, 4) is 0 Å². The lowest BCUT2D eigenvalue weighted by Gasteiger charge is -2.33. The van der Waals surface area contributed by atoms with E-state index in [1.165, 1.54) is 5.56 Å². The number of piperidine rings is 1. The van der Waals surface area contributed by atoms with Crippen molar-refractivity contribution in [3.63, 3.8) is 0 Å². The van der Waals surface area contributed by atoms with E-state index >= 15 is 0 Å². The van der Waals surface area contributed by atoms with Gasteiger partial charge in [-0.2, -0.15) is 11.3 Å². The number of nitrogens with zero attached hydrogens (tertiary/aromatic N) is 2. The number of thiophene rings is 1. The molecule has 0 N–H and O–H groups in total. The summed E-state index contributed by atoms with van der Waals surface area (Å²) in [4.78, 5) is 16.1. The maximum atomic E-state index is 12.0. The second-order valence-corrected chi connectivity index (χ2v) is 6.83. The summed E-state index contributed by atoms with van der Waals surface area (Å²) < 4.78 is 6.01. The van der Waals surface area contributed by atoms with E-state index in [-0.39, 0.29) is 18.1 Å². The second-order valence-electron chi connectivity index (χ2n) is 6.05. The van der Waals surface area contributed by atoms with E-state index in [2.05, 4.69) is 21.7 Å². The van der Waals surface area contributed by atoms with E-state index in [1.807, 2.05) is 0 Å². The van der Waals surface area contributed by atoms with Crippen LogP contribution in [0, 0.1) is 5.92 Å². The summed E-state index contributed by atoms with van der Waals surface area (Å²) in [5.74, 6) is 0.673. The van der Waals surface area contributed by atoms with E-state index in [9.17, 15) is 4.79 Å². The normalized spacial score (nSPS) is 30.2. The number of amides is 1. The number of hydrogen-bond acceptors (Lipinski definition) is 4. The molecule has 0 bridgehead atoms. The fourth-order valence-corrected chi connectivity index (χ4v) is 3.89. The SMILES string of the molecule is CN(C)C(=O)[C@@H]1C[C@H]2CCN(Cc3ccsc3)C[C@@H]2O1. The van der Waals surface area contributed by atoms with Crippen LogP contribution >= 0.6 is 11.3 Å². The van der Waals surface area contributed by atoms with Crippen LogP contribution in [0.25, 0.3) is 0 Å². The molecule has 2 saturated heterocycles. The summed E-state index contributed by atoms with van der Waals surface area (Å²) in [6, 6.07) is 2.19. The molecular weight excluding hydrogens is 272 g/mol. The molecule has 2 aliphatic heterocycles. The Labute approximate surface area is 124 Å². The Morgan fingerprint density at radius 1 is 1.55 bits per heavy atom. The standard InChI is InChI=1S/C15H22N2O2S/c1-16(2)15(18)13-7-12-3-5-17(9-14(12)19-13)8-11-4-6-20-10-11/h4,6,10,12-14H,3,5,7-9H2,1-2H3/t12-,13+,14+/m1/s1. The second kappa shape index (κ2) is 5.84. The maximum Gasteiger partial charge on any atom is 0.251 e. The summed E-state index contributed by atoms with van der Waals surface area (Å²) in [5.41, 5.74) is 1.38. The molecule has 0 spiro atoms. The number of likely N-dealkylation sites (N-methyl/N-ethyl adjacent to an activating group) is 1. The average molecular weight is 294 g/mol. The van der Waals surface area contributed by atoms with E-state index < -0.39 is 0 Å². The molecule has 0 aromatic carbocycles. The summed E-state index contributed by atoms with van der Waals surface area (Å²) in [7, 11) is 3.60. The van der Waals surface area contributed by atoms with Gasteiger partial charge in [0.15, 0.2) is 0 Å². The van der Waals surface area contributed by atoms with Crippen LogP contribution < -0.4 is 0 Å². The van der Waals surface area contributed by atoms with Crippen LogP contribution in [0.5, 0.6) is 0 Å². The smallest absolute Gasteiger partial charge is 0.251 e. The zero-order valence-corrected chi connectivity index (χ0v) is 12.9. The van der Waals surface area contributed by atoms with Gasteiger partial charge in [-0.1, -0.05) is 0 Å². The first-order valence-corrected chi connectivity index (χ1v) is 8.18. The molecule has 0 saturated carbocycles. The van der Waals surface area contributed by atoms with Crippen molar-refractivity contribution in [1.82, 2.24) is 9.80 Å². The van der Waals surface area contributed by atoms with Gasteiger partial charge in [-0.05, 0) is 47.7 Å². The van der Waals surface area contributed by atoms with Gasteiger partial charge in [0.05, 0.1) is 6.10 Å². The number of ether oxygens (including phenoxy) is 1. The van der Waals surface area contributed by atoms with Crippen LogP contribution in [0.4, 0.5) is 0 Å². The van der Waals surface area contributed by atoms with Crippen LogP contribution in [0.2, 0.25) is 0 Å². The molecule has 110 valence electrons. The Bertz CT molecular complexity index is 460. The van der Waals surface area contributed by atoms with E-state index in [4.69, 9.17) is 4.74 Å². The zero-order valence-electron chi connectivity index (χ0n) is 12.1.